The van der Waals surface area contributed by atoms with E-state index in [-0.39, 0.29) is 0 Å². The Morgan fingerprint density at radius 3 is 2.88 bits per heavy atom. The predicted octanol–water partition coefficient (Wildman–Crippen LogP) is 2.17. The molecule has 1 radical (unpaired) electrons. The standard InChI is InChI=1S/C7H11S/c1-4-7(3)6-8-5-2/h1,5,7H,6H2,2-3H3. The molecular formula is C7H11S. The van der Waals surface area contributed by atoms with Gasteiger partial charge in [0.2, 0.25) is 0 Å². The molecule has 0 nitrogen and oxygen atoms in total. The third-order valence-electron chi connectivity index (χ3n) is 0.797. The summed E-state index contributed by atoms with van der Waals surface area (Å²) in [6.45, 7) is 4.07. The normalized spacial score (nSPS) is 12.6. The van der Waals surface area contributed by atoms with E-state index in [9.17, 15) is 0 Å². The highest BCUT2D eigenvalue weighted by molar-refractivity contribution is 8.01. The lowest BCUT2D eigenvalue weighted by Crippen LogP contribution is -1.91. The average Bonchev–Trinajstić information content (AvgIpc) is 1.83. The molecule has 0 aromatic carbocycles. The Bertz CT molecular complexity index is 80.9. The van der Waals surface area contributed by atoms with Gasteiger partial charge in [0.15, 0.2) is 0 Å². The molecule has 1 heteroatoms. The fourth-order valence-corrected chi connectivity index (χ4v) is 0.866. The predicted molar refractivity (Wildman–Crippen MR) is 40.4 cm³/mol. The first-order valence-corrected chi connectivity index (χ1v) is 3.71. The molecule has 45 valence electrons. The Balaban J connectivity index is 3.02. The van der Waals surface area contributed by atoms with Crippen molar-refractivity contribution in [1.82, 2.24) is 0 Å². The van der Waals surface area contributed by atoms with Gasteiger partial charge in [0.1, 0.15) is 0 Å². The zero-order valence-electron chi connectivity index (χ0n) is 5.35. The molecule has 0 saturated heterocycles. The van der Waals surface area contributed by atoms with Crippen LogP contribution in [0.5, 0.6) is 0 Å². The van der Waals surface area contributed by atoms with Crippen LogP contribution in [0.25, 0.3) is 0 Å². The van der Waals surface area contributed by atoms with E-state index >= 15 is 0 Å². The number of rotatable bonds is 3. The van der Waals surface area contributed by atoms with E-state index in [0.29, 0.717) is 5.92 Å². The molecule has 0 heterocycles. The Morgan fingerprint density at radius 2 is 2.50 bits per heavy atom. The first-order chi connectivity index (χ1) is 3.81. The first kappa shape index (κ1) is 7.91. The van der Waals surface area contributed by atoms with Crippen molar-refractivity contribution >= 4 is 11.8 Å². The molecule has 0 aliphatic heterocycles. The molecule has 0 amide bonds. The van der Waals surface area contributed by atoms with Gasteiger partial charge >= 0.3 is 0 Å². The molecule has 0 aliphatic carbocycles. The van der Waals surface area contributed by atoms with Crippen molar-refractivity contribution in [2.75, 3.05) is 5.75 Å². The van der Waals surface area contributed by atoms with Crippen molar-refractivity contribution < 1.29 is 0 Å². The van der Waals surface area contributed by atoms with Crippen LogP contribution in [0.4, 0.5) is 0 Å². The highest BCUT2D eigenvalue weighted by Crippen LogP contribution is 2.08. The molecule has 0 saturated carbocycles. The van der Waals surface area contributed by atoms with Crippen molar-refractivity contribution in [3.8, 4) is 12.3 Å². The lowest BCUT2D eigenvalue weighted by molar-refractivity contribution is 0.885. The third-order valence-corrected chi connectivity index (χ3v) is 1.82. The van der Waals surface area contributed by atoms with Crippen LogP contribution in [0, 0.1) is 24.0 Å². The van der Waals surface area contributed by atoms with E-state index in [1.54, 1.807) is 11.8 Å². The fraction of sp³-hybridized carbons (Fsp3) is 0.571. The van der Waals surface area contributed by atoms with Gasteiger partial charge in [-0.2, -0.15) is 11.8 Å². The molecule has 0 aromatic rings. The van der Waals surface area contributed by atoms with Gasteiger partial charge in [0.25, 0.3) is 0 Å². The molecule has 1 atom stereocenters. The Hall–Kier alpha value is -0.0900. The summed E-state index contributed by atoms with van der Waals surface area (Å²) in [4.78, 5) is 0. The van der Waals surface area contributed by atoms with Crippen LogP contribution in [0.1, 0.15) is 13.8 Å². The van der Waals surface area contributed by atoms with E-state index in [4.69, 9.17) is 6.42 Å². The molecule has 0 bridgehead atoms. The second kappa shape index (κ2) is 5.05. The largest absolute Gasteiger partial charge is 0.156 e. The number of hydrogen-bond acceptors (Lipinski definition) is 1. The quantitative estimate of drug-likeness (QED) is 0.523. The summed E-state index contributed by atoms with van der Waals surface area (Å²) < 4.78 is 0. The third kappa shape index (κ3) is 4.08. The Kier molecular flexibility index (Phi) is 5.00. The number of hydrogen-bond donors (Lipinski definition) is 0. The molecular weight excluding hydrogens is 116 g/mol. The van der Waals surface area contributed by atoms with Crippen LogP contribution in [-0.2, 0) is 0 Å². The minimum Gasteiger partial charge on any atom is -0.156 e. The van der Waals surface area contributed by atoms with E-state index in [1.165, 1.54) is 0 Å². The van der Waals surface area contributed by atoms with Crippen LogP contribution in [-0.4, -0.2) is 5.75 Å². The van der Waals surface area contributed by atoms with Crippen LogP contribution < -0.4 is 0 Å². The summed E-state index contributed by atoms with van der Waals surface area (Å²) in [6, 6.07) is 0. The summed E-state index contributed by atoms with van der Waals surface area (Å²) >= 11 is 1.77. The van der Waals surface area contributed by atoms with Crippen molar-refractivity contribution in [1.29, 1.82) is 0 Å². The molecule has 0 N–H and O–H groups in total. The van der Waals surface area contributed by atoms with Gasteiger partial charge in [0.05, 0.1) is 0 Å². The van der Waals surface area contributed by atoms with E-state index in [0.717, 1.165) is 5.75 Å². The molecule has 1 unspecified atom stereocenters. The van der Waals surface area contributed by atoms with E-state index in [1.807, 2.05) is 6.92 Å². The van der Waals surface area contributed by atoms with Gasteiger partial charge in [-0.15, -0.1) is 12.3 Å². The maximum absolute atomic E-state index is 5.14. The van der Waals surface area contributed by atoms with Gasteiger partial charge in [-0.1, -0.05) is 13.8 Å². The van der Waals surface area contributed by atoms with Crippen LogP contribution in [0.3, 0.4) is 0 Å². The van der Waals surface area contributed by atoms with Crippen LogP contribution >= 0.6 is 11.8 Å². The topological polar surface area (TPSA) is 0 Å². The first-order valence-electron chi connectivity index (χ1n) is 2.66. The zero-order valence-corrected chi connectivity index (χ0v) is 6.16. The monoisotopic (exact) mass is 127 g/mol. The molecule has 0 rings (SSSR count). The summed E-state index contributed by atoms with van der Waals surface area (Å²) in [7, 11) is 0. The van der Waals surface area contributed by atoms with Crippen LogP contribution in [0.2, 0.25) is 0 Å². The second-order valence-electron chi connectivity index (χ2n) is 1.64. The molecule has 0 aromatic heterocycles. The minimum atomic E-state index is 0.413. The average molecular weight is 127 g/mol. The summed E-state index contributed by atoms with van der Waals surface area (Å²) in [6.07, 6.45) is 5.14. The number of terminal acetylenes is 1. The lowest BCUT2D eigenvalue weighted by atomic mass is 10.2. The molecule has 0 fully saturated rings. The van der Waals surface area contributed by atoms with Crippen molar-refractivity contribution in [3.63, 3.8) is 0 Å². The summed E-state index contributed by atoms with van der Waals surface area (Å²) in [5, 5.41) is 0. The lowest BCUT2D eigenvalue weighted by Gasteiger charge is -1.98. The Morgan fingerprint density at radius 1 is 1.88 bits per heavy atom. The highest BCUT2D eigenvalue weighted by Gasteiger charge is 1.92. The second-order valence-corrected chi connectivity index (χ2v) is 2.77. The van der Waals surface area contributed by atoms with Gasteiger partial charge < -0.3 is 0 Å². The molecule has 0 aliphatic rings. The Labute approximate surface area is 56.1 Å². The van der Waals surface area contributed by atoms with E-state index < -0.39 is 0 Å². The number of thioether (sulfide) groups is 1. The van der Waals surface area contributed by atoms with Gasteiger partial charge in [-0.25, -0.2) is 0 Å². The van der Waals surface area contributed by atoms with E-state index in [2.05, 4.69) is 18.6 Å². The smallest absolute Gasteiger partial charge is 0.0262 e. The fourth-order valence-electron chi connectivity index (χ4n) is 0.289. The maximum atomic E-state index is 5.14. The van der Waals surface area contributed by atoms with Crippen molar-refractivity contribution in [2.24, 2.45) is 5.92 Å². The summed E-state index contributed by atoms with van der Waals surface area (Å²) in [5.74, 6) is 6.18. The highest BCUT2D eigenvalue weighted by atomic mass is 32.2. The molecule has 8 heavy (non-hydrogen) atoms. The van der Waals surface area contributed by atoms with Gasteiger partial charge in [-0.3, -0.25) is 0 Å². The van der Waals surface area contributed by atoms with Crippen molar-refractivity contribution in [3.05, 3.63) is 5.75 Å². The van der Waals surface area contributed by atoms with Gasteiger partial charge in [-0.05, 0) is 0 Å². The van der Waals surface area contributed by atoms with Crippen molar-refractivity contribution in [2.45, 2.75) is 13.8 Å². The minimum absolute atomic E-state index is 0.413. The van der Waals surface area contributed by atoms with Gasteiger partial charge in [0, 0.05) is 17.4 Å². The summed E-state index contributed by atoms with van der Waals surface area (Å²) in [5.41, 5.74) is 0. The van der Waals surface area contributed by atoms with Crippen LogP contribution in [0.15, 0.2) is 0 Å². The molecule has 0 spiro atoms. The maximum Gasteiger partial charge on any atom is 0.0262 e. The zero-order chi connectivity index (χ0) is 6.41. The SMILES string of the molecule is C#CC(C)CS[CH]C.